The van der Waals surface area contributed by atoms with Crippen molar-refractivity contribution in [1.29, 1.82) is 0 Å². The molecule has 1 atom stereocenters. The molecule has 0 spiro atoms. The van der Waals surface area contributed by atoms with Crippen molar-refractivity contribution in [2.45, 2.75) is 13.0 Å². The van der Waals surface area contributed by atoms with E-state index in [1.807, 2.05) is 13.0 Å². The minimum absolute atomic E-state index is 0.250. The molecule has 0 aliphatic carbocycles. The third kappa shape index (κ3) is 2.90. The van der Waals surface area contributed by atoms with Crippen molar-refractivity contribution in [3.8, 4) is 0 Å². The fourth-order valence-corrected chi connectivity index (χ4v) is 1.96. The highest BCUT2D eigenvalue weighted by molar-refractivity contribution is 5.29. The van der Waals surface area contributed by atoms with Crippen LogP contribution in [0.1, 0.15) is 6.92 Å². The molecule has 1 aliphatic rings. The molecule has 0 bridgehead atoms. The predicted octanol–water partition coefficient (Wildman–Crippen LogP) is -0.0206. The van der Waals surface area contributed by atoms with Gasteiger partial charge in [-0.05, 0) is 13.0 Å². The first-order valence-electron chi connectivity index (χ1n) is 5.68. The van der Waals surface area contributed by atoms with E-state index in [1.54, 1.807) is 12.4 Å². The molecule has 1 aromatic heterocycles. The summed E-state index contributed by atoms with van der Waals surface area (Å²) < 4.78 is 0. The lowest BCUT2D eigenvalue weighted by molar-refractivity contribution is 0.122. The number of hydrogen-bond acceptors (Lipinski definition) is 5. The summed E-state index contributed by atoms with van der Waals surface area (Å²) in [6.07, 6.45) is 3.29. The molecule has 88 valence electrons. The van der Waals surface area contributed by atoms with Crippen LogP contribution in [0.3, 0.4) is 0 Å². The minimum Gasteiger partial charge on any atom is -0.392 e. The van der Waals surface area contributed by atoms with Crippen LogP contribution in [0.15, 0.2) is 18.5 Å². The molecule has 16 heavy (non-hydrogen) atoms. The van der Waals surface area contributed by atoms with Crippen molar-refractivity contribution in [2.24, 2.45) is 0 Å². The molecule has 0 aromatic carbocycles. The Hall–Kier alpha value is -1.20. The summed E-state index contributed by atoms with van der Waals surface area (Å²) in [5.41, 5.74) is 0. The molecule has 1 N–H and O–H groups in total. The Morgan fingerprint density at radius 1 is 1.25 bits per heavy atom. The average molecular weight is 222 g/mol. The second-order valence-electron chi connectivity index (χ2n) is 4.19. The molecule has 1 unspecified atom stereocenters. The molecule has 1 aromatic rings. The Balaban J connectivity index is 1.86. The maximum atomic E-state index is 9.31. The third-order valence-corrected chi connectivity index (χ3v) is 2.73. The van der Waals surface area contributed by atoms with Crippen molar-refractivity contribution in [3.63, 3.8) is 0 Å². The Kier molecular flexibility index (Phi) is 3.69. The second-order valence-corrected chi connectivity index (χ2v) is 4.19. The minimum atomic E-state index is -0.250. The summed E-state index contributed by atoms with van der Waals surface area (Å²) in [7, 11) is 0. The maximum absolute atomic E-state index is 9.31. The van der Waals surface area contributed by atoms with E-state index in [1.165, 1.54) is 0 Å². The van der Waals surface area contributed by atoms with Crippen LogP contribution in [-0.2, 0) is 0 Å². The van der Waals surface area contributed by atoms with Crippen molar-refractivity contribution < 1.29 is 5.11 Å². The van der Waals surface area contributed by atoms with Gasteiger partial charge < -0.3 is 10.0 Å². The van der Waals surface area contributed by atoms with Gasteiger partial charge in [-0.15, -0.1) is 0 Å². The predicted molar refractivity (Wildman–Crippen MR) is 62.4 cm³/mol. The van der Waals surface area contributed by atoms with Gasteiger partial charge in [0, 0.05) is 45.1 Å². The zero-order valence-corrected chi connectivity index (χ0v) is 9.58. The molecule has 0 amide bonds. The van der Waals surface area contributed by atoms with Crippen LogP contribution in [0.2, 0.25) is 0 Å². The zero-order valence-electron chi connectivity index (χ0n) is 9.58. The van der Waals surface area contributed by atoms with E-state index >= 15 is 0 Å². The maximum Gasteiger partial charge on any atom is 0.225 e. The molecular weight excluding hydrogens is 204 g/mol. The Labute approximate surface area is 95.7 Å². The number of aromatic nitrogens is 2. The van der Waals surface area contributed by atoms with E-state index in [0.717, 1.165) is 38.7 Å². The van der Waals surface area contributed by atoms with Crippen LogP contribution in [0.25, 0.3) is 0 Å². The molecule has 1 fully saturated rings. The highest BCUT2D eigenvalue weighted by Crippen LogP contribution is 2.09. The van der Waals surface area contributed by atoms with Crippen molar-refractivity contribution >= 4 is 5.95 Å². The molecule has 5 heteroatoms. The van der Waals surface area contributed by atoms with Gasteiger partial charge in [-0.25, -0.2) is 9.97 Å². The highest BCUT2D eigenvalue weighted by atomic mass is 16.3. The largest absolute Gasteiger partial charge is 0.392 e. The molecule has 0 radical (unpaired) electrons. The molecule has 2 rings (SSSR count). The van der Waals surface area contributed by atoms with Crippen LogP contribution in [0.4, 0.5) is 5.95 Å². The molecule has 2 heterocycles. The van der Waals surface area contributed by atoms with E-state index in [4.69, 9.17) is 0 Å². The molecule has 0 saturated carbocycles. The summed E-state index contributed by atoms with van der Waals surface area (Å²) in [6.45, 7) is 6.36. The number of aliphatic hydroxyl groups is 1. The number of anilines is 1. The van der Waals surface area contributed by atoms with Crippen LogP contribution in [-0.4, -0.2) is 58.8 Å². The number of piperazine rings is 1. The van der Waals surface area contributed by atoms with Crippen LogP contribution < -0.4 is 4.90 Å². The monoisotopic (exact) mass is 222 g/mol. The van der Waals surface area contributed by atoms with Gasteiger partial charge in [0.15, 0.2) is 0 Å². The SMILES string of the molecule is CC(O)CN1CCN(c2ncccn2)CC1. The summed E-state index contributed by atoms with van der Waals surface area (Å²) in [6, 6.07) is 1.83. The van der Waals surface area contributed by atoms with Crippen molar-refractivity contribution in [2.75, 3.05) is 37.6 Å². The van der Waals surface area contributed by atoms with E-state index in [0.29, 0.717) is 0 Å². The standard InChI is InChI=1S/C11H18N4O/c1-10(16)9-14-5-7-15(8-6-14)11-12-3-2-4-13-11/h2-4,10,16H,5-9H2,1H3. The summed E-state index contributed by atoms with van der Waals surface area (Å²) in [5.74, 6) is 0.805. The number of β-amino-alcohol motifs (C(OH)–C–C–N with tert-alkyl or cyclic N) is 1. The van der Waals surface area contributed by atoms with Gasteiger partial charge in [-0.2, -0.15) is 0 Å². The quantitative estimate of drug-likeness (QED) is 0.779. The Bertz CT molecular complexity index is 309. The lowest BCUT2D eigenvalue weighted by Crippen LogP contribution is -2.48. The van der Waals surface area contributed by atoms with Gasteiger partial charge in [0.1, 0.15) is 0 Å². The lowest BCUT2D eigenvalue weighted by Gasteiger charge is -2.35. The molecule has 5 nitrogen and oxygen atoms in total. The van der Waals surface area contributed by atoms with Crippen LogP contribution >= 0.6 is 0 Å². The zero-order chi connectivity index (χ0) is 11.4. The first kappa shape index (κ1) is 11.3. The molecular formula is C11H18N4O. The Morgan fingerprint density at radius 3 is 2.44 bits per heavy atom. The lowest BCUT2D eigenvalue weighted by atomic mass is 10.3. The second kappa shape index (κ2) is 5.23. The normalized spacial score (nSPS) is 19.8. The molecule has 1 saturated heterocycles. The van der Waals surface area contributed by atoms with Crippen LogP contribution in [0.5, 0.6) is 0 Å². The summed E-state index contributed by atoms with van der Waals surface area (Å²) >= 11 is 0. The van der Waals surface area contributed by atoms with E-state index in [-0.39, 0.29) is 6.10 Å². The third-order valence-electron chi connectivity index (χ3n) is 2.73. The number of hydrogen-bond donors (Lipinski definition) is 1. The molecule has 1 aliphatic heterocycles. The first-order chi connectivity index (χ1) is 7.75. The van der Waals surface area contributed by atoms with Gasteiger partial charge in [-0.1, -0.05) is 0 Å². The van der Waals surface area contributed by atoms with Gasteiger partial charge in [0.05, 0.1) is 6.10 Å². The fraction of sp³-hybridized carbons (Fsp3) is 0.636. The van der Waals surface area contributed by atoms with Gasteiger partial charge in [0.2, 0.25) is 5.95 Å². The Morgan fingerprint density at radius 2 is 1.88 bits per heavy atom. The highest BCUT2D eigenvalue weighted by Gasteiger charge is 2.19. The van der Waals surface area contributed by atoms with Crippen LogP contribution in [0, 0.1) is 0 Å². The van der Waals surface area contributed by atoms with Gasteiger partial charge in [-0.3, -0.25) is 4.90 Å². The van der Waals surface area contributed by atoms with E-state index in [9.17, 15) is 5.11 Å². The van der Waals surface area contributed by atoms with E-state index < -0.39 is 0 Å². The van der Waals surface area contributed by atoms with Crippen molar-refractivity contribution in [3.05, 3.63) is 18.5 Å². The number of nitrogens with zero attached hydrogens (tertiary/aromatic N) is 4. The topological polar surface area (TPSA) is 52.5 Å². The first-order valence-corrected chi connectivity index (χ1v) is 5.68. The summed E-state index contributed by atoms with van der Waals surface area (Å²) in [4.78, 5) is 12.9. The van der Waals surface area contributed by atoms with Crippen molar-refractivity contribution in [1.82, 2.24) is 14.9 Å². The van der Waals surface area contributed by atoms with Gasteiger partial charge >= 0.3 is 0 Å². The van der Waals surface area contributed by atoms with Gasteiger partial charge in [0.25, 0.3) is 0 Å². The number of aliphatic hydroxyl groups excluding tert-OH is 1. The smallest absolute Gasteiger partial charge is 0.225 e. The fourth-order valence-electron chi connectivity index (χ4n) is 1.96. The average Bonchev–Trinajstić information content (AvgIpc) is 2.30. The number of rotatable bonds is 3. The van der Waals surface area contributed by atoms with E-state index in [2.05, 4.69) is 19.8 Å². The summed E-state index contributed by atoms with van der Waals surface area (Å²) in [5, 5.41) is 9.31.